The topological polar surface area (TPSA) is 228 Å². The quantitative estimate of drug-likeness (QED) is 0.146. The van der Waals surface area contributed by atoms with E-state index in [1.165, 1.54) is 24.3 Å². The highest BCUT2D eigenvalue weighted by atomic mass is 16.4. The van der Waals surface area contributed by atoms with Crippen molar-refractivity contribution in [3.8, 4) is 5.75 Å². The molecule has 0 radical (unpaired) electrons. The first-order valence-electron chi connectivity index (χ1n) is 10.9. The van der Waals surface area contributed by atoms with Crippen LogP contribution in [0.3, 0.4) is 0 Å². The van der Waals surface area contributed by atoms with Gasteiger partial charge in [0.05, 0.1) is 12.6 Å². The van der Waals surface area contributed by atoms with Crippen molar-refractivity contribution < 1.29 is 44.4 Å². The number of aliphatic hydroxyl groups excluding tert-OH is 1. The Hall–Kier alpha value is -3.71. The summed E-state index contributed by atoms with van der Waals surface area (Å²) in [5, 5.41) is 44.1. The highest BCUT2D eigenvalue weighted by molar-refractivity contribution is 5.94. The highest BCUT2D eigenvalue weighted by Gasteiger charge is 2.31. The predicted octanol–water partition coefficient (Wildman–Crippen LogP) is -1.69. The average Bonchev–Trinajstić information content (AvgIpc) is 2.79. The van der Waals surface area contributed by atoms with Gasteiger partial charge in [-0.3, -0.25) is 19.2 Å². The lowest BCUT2D eigenvalue weighted by Crippen LogP contribution is -2.59. The Balaban J connectivity index is 3.01. The van der Waals surface area contributed by atoms with Crippen LogP contribution in [-0.4, -0.2) is 80.9 Å². The number of amides is 3. The van der Waals surface area contributed by atoms with Crippen molar-refractivity contribution in [2.45, 2.75) is 57.3 Å². The molecule has 9 N–H and O–H groups in total. The normalized spacial score (nSPS) is 14.3. The van der Waals surface area contributed by atoms with E-state index in [0.717, 1.165) is 0 Å². The molecule has 3 amide bonds. The van der Waals surface area contributed by atoms with E-state index in [9.17, 15) is 39.3 Å². The lowest BCUT2D eigenvalue weighted by molar-refractivity contribution is -0.143. The third kappa shape index (κ3) is 9.98. The molecule has 0 aromatic heterocycles. The first kappa shape index (κ1) is 29.3. The molecule has 1 aromatic rings. The predicted molar refractivity (Wildman–Crippen MR) is 122 cm³/mol. The van der Waals surface area contributed by atoms with E-state index in [0.29, 0.717) is 5.56 Å². The van der Waals surface area contributed by atoms with Gasteiger partial charge in [-0.15, -0.1) is 0 Å². The summed E-state index contributed by atoms with van der Waals surface area (Å²) in [7, 11) is 0. The van der Waals surface area contributed by atoms with E-state index in [1.54, 1.807) is 13.8 Å². The Bertz CT molecular complexity index is 905. The number of hydrogen-bond donors (Lipinski definition) is 8. The summed E-state index contributed by atoms with van der Waals surface area (Å²) < 4.78 is 0. The number of phenols is 1. The fraction of sp³-hybridized carbons (Fsp3) is 0.500. The number of phenolic OH excluding ortho intramolecular Hbond substituents is 1. The van der Waals surface area contributed by atoms with Crippen LogP contribution in [0.15, 0.2) is 24.3 Å². The fourth-order valence-electron chi connectivity index (χ4n) is 3.00. The largest absolute Gasteiger partial charge is 0.508 e. The van der Waals surface area contributed by atoms with Crippen LogP contribution >= 0.6 is 0 Å². The van der Waals surface area contributed by atoms with Crippen molar-refractivity contribution in [2.24, 2.45) is 11.7 Å². The van der Waals surface area contributed by atoms with E-state index >= 15 is 0 Å². The first-order chi connectivity index (χ1) is 16.3. The number of rotatable bonds is 14. The van der Waals surface area contributed by atoms with Crippen LogP contribution in [0.1, 0.15) is 32.3 Å². The Morgan fingerprint density at radius 3 is 1.91 bits per heavy atom. The highest BCUT2D eigenvalue weighted by Crippen LogP contribution is 2.12. The van der Waals surface area contributed by atoms with Crippen LogP contribution in [0.4, 0.5) is 0 Å². The zero-order chi connectivity index (χ0) is 26.7. The van der Waals surface area contributed by atoms with Crippen molar-refractivity contribution in [3.63, 3.8) is 0 Å². The first-order valence-corrected chi connectivity index (χ1v) is 10.9. The molecule has 13 nitrogen and oxygen atoms in total. The maximum atomic E-state index is 12.9. The number of aliphatic carboxylic acids is 2. The van der Waals surface area contributed by atoms with Gasteiger partial charge in [-0.1, -0.05) is 26.0 Å². The van der Waals surface area contributed by atoms with E-state index in [2.05, 4.69) is 16.0 Å². The molecule has 35 heavy (non-hydrogen) atoms. The molecule has 1 aromatic carbocycles. The summed E-state index contributed by atoms with van der Waals surface area (Å²) in [6.45, 7) is 2.34. The van der Waals surface area contributed by atoms with Crippen LogP contribution in [0.5, 0.6) is 5.75 Å². The second-order valence-corrected chi connectivity index (χ2v) is 8.28. The molecule has 0 aliphatic heterocycles. The van der Waals surface area contributed by atoms with Gasteiger partial charge in [-0.2, -0.15) is 0 Å². The number of carbonyl (C=O) groups is 5. The molecule has 4 unspecified atom stereocenters. The van der Waals surface area contributed by atoms with Gasteiger partial charge < -0.3 is 42.1 Å². The lowest BCUT2D eigenvalue weighted by Gasteiger charge is -2.25. The zero-order valence-corrected chi connectivity index (χ0v) is 19.4. The Morgan fingerprint density at radius 1 is 0.886 bits per heavy atom. The van der Waals surface area contributed by atoms with Crippen LogP contribution in [0, 0.1) is 5.92 Å². The monoisotopic (exact) mass is 496 g/mol. The number of nitrogens with one attached hydrogen (secondary N) is 3. The van der Waals surface area contributed by atoms with Crippen LogP contribution in [0.25, 0.3) is 0 Å². The van der Waals surface area contributed by atoms with Gasteiger partial charge >= 0.3 is 11.9 Å². The molecule has 4 atom stereocenters. The molecule has 13 heteroatoms. The second kappa shape index (κ2) is 13.9. The van der Waals surface area contributed by atoms with E-state index in [1.807, 2.05) is 0 Å². The van der Waals surface area contributed by atoms with Crippen LogP contribution < -0.4 is 21.7 Å². The number of benzene rings is 1. The van der Waals surface area contributed by atoms with Gasteiger partial charge in [-0.25, -0.2) is 4.79 Å². The molecule has 0 aliphatic carbocycles. The summed E-state index contributed by atoms with van der Waals surface area (Å²) in [6, 6.07) is 0.476. The van der Waals surface area contributed by atoms with Crippen molar-refractivity contribution in [2.75, 3.05) is 6.61 Å². The Morgan fingerprint density at radius 2 is 1.43 bits per heavy atom. The summed E-state index contributed by atoms with van der Waals surface area (Å²) in [5.41, 5.74) is 6.14. The van der Waals surface area contributed by atoms with Gasteiger partial charge in [0.1, 0.15) is 23.9 Å². The SMILES string of the molecule is CC(C)C(NC(=O)C(Cc1ccc(O)cc1)NC(=O)C(CO)NC(=O)C(N)CCC(=O)O)C(=O)O. The fourth-order valence-corrected chi connectivity index (χ4v) is 3.00. The molecule has 0 heterocycles. The number of nitrogens with two attached hydrogens (primary N) is 1. The zero-order valence-electron chi connectivity index (χ0n) is 19.4. The molecular weight excluding hydrogens is 464 g/mol. The third-order valence-corrected chi connectivity index (χ3v) is 5.06. The minimum Gasteiger partial charge on any atom is -0.508 e. The number of carboxylic acids is 2. The van der Waals surface area contributed by atoms with Crippen LogP contribution in [0.2, 0.25) is 0 Å². The lowest BCUT2D eigenvalue weighted by atomic mass is 10.0. The maximum absolute atomic E-state index is 12.9. The molecule has 0 fully saturated rings. The Kier molecular flexibility index (Phi) is 11.6. The molecule has 0 aliphatic rings. The summed E-state index contributed by atoms with van der Waals surface area (Å²) in [6.07, 6.45) is -0.662. The molecule has 0 spiro atoms. The van der Waals surface area contributed by atoms with Gasteiger partial charge in [0.2, 0.25) is 17.7 Å². The standard InChI is InChI=1S/C22H32N4O9/c1-11(2)18(22(34)35)26-20(32)15(9-12-3-5-13(28)6-4-12)24-21(33)16(10-27)25-19(31)14(23)7-8-17(29)30/h3-6,11,14-16,18,27-28H,7-10,23H2,1-2H3,(H,24,33)(H,25,31)(H,26,32)(H,29,30)(H,34,35). The summed E-state index contributed by atoms with van der Waals surface area (Å²) in [5.74, 6) is -5.53. The minimum absolute atomic E-state index is 0.0215. The Labute approximate surface area is 201 Å². The molecule has 194 valence electrons. The van der Waals surface area contributed by atoms with Gasteiger partial charge in [0.15, 0.2) is 0 Å². The number of carbonyl (C=O) groups excluding carboxylic acids is 3. The molecule has 0 bridgehead atoms. The van der Waals surface area contributed by atoms with E-state index < -0.39 is 66.4 Å². The van der Waals surface area contributed by atoms with Crippen molar-refractivity contribution in [3.05, 3.63) is 29.8 Å². The van der Waals surface area contributed by atoms with Crippen molar-refractivity contribution in [1.82, 2.24) is 16.0 Å². The number of hydrogen-bond acceptors (Lipinski definition) is 8. The van der Waals surface area contributed by atoms with Crippen molar-refractivity contribution in [1.29, 1.82) is 0 Å². The molecule has 0 saturated carbocycles. The maximum Gasteiger partial charge on any atom is 0.326 e. The number of carboxylic acid groups (broad SMARTS) is 2. The van der Waals surface area contributed by atoms with Gasteiger partial charge in [0, 0.05) is 12.8 Å². The van der Waals surface area contributed by atoms with Crippen LogP contribution in [-0.2, 0) is 30.4 Å². The van der Waals surface area contributed by atoms with Gasteiger partial charge in [0.25, 0.3) is 0 Å². The third-order valence-electron chi connectivity index (χ3n) is 5.06. The van der Waals surface area contributed by atoms with E-state index in [4.69, 9.17) is 10.8 Å². The van der Waals surface area contributed by atoms with Crippen molar-refractivity contribution >= 4 is 29.7 Å². The summed E-state index contributed by atoms with van der Waals surface area (Å²) >= 11 is 0. The number of aromatic hydroxyl groups is 1. The molecular formula is C22H32N4O9. The van der Waals surface area contributed by atoms with Gasteiger partial charge in [-0.05, 0) is 30.0 Å². The molecule has 0 saturated heterocycles. The minimum atomic E-state index is -1.51. The average molecular weight is 497 g/mol. The second-order valence-electron chi connectivity index (χ2n) is 8.28. The number of aliphatic hydroxyl groups is 1. The smallest absolute Gasteiger partial charge is 0.326 e. The molecule has 1 rings (SSSR count). The summed E-state index contributed by atoms with van der Waals surface area (Å²) in [4.78, 5) is 60.0. The van der Waals surface area contributed by atoms with E-state index in [-0.39, 0.29) is 25.0 Å².